The smallest absolute Gasteiger partial charge is 0.304 e. The standard InChI is InChI=1S/C9H10O5/c10-8(11)4-6(5-9(12)13)7-2-1-3-14-7/h1-3,6H,4-5H2,(H,10,11)(H,12,13). The summed E-state index contributed by atoms with van der Waals surface area (Å²) in [6.07, 6.45) is 0.922. The van der Waals surface area contributed by atoms with Crippen molar-refractivity contribution in [3.63, 3.8) is 0 Å². The molecule has 0 saturated heterocycles. The van der Waals surface area contributed by atoms with Gasteiger partial charge < -0.3 is 14.6 Å². The van der Waals surface area contributed by atoms with Crippen LogP contribution in [-0.4, -0.2) is 22.2 Å². The van der Waals surface area contributed by atoms with Gasteiger partial charge in [0.1, 0.15) is 5.76 Å². The summed E-state index contributed by atoms with van der Waals surface area (Å²) in [5, 5.41) is 17.1. The third-order valence-corrected chi connectivity index (χ3v) is 1.79. The molecule has 2 N–H and O–H groups in total. The second-order valence-electron chi connectivity index (χ2n) is 2.91. The van der Waals surface area contributed by atoms with Crippen LogP contribution in [0, 0.1) is 0 Å². The lowest BCUT2D eigenvalue weighted by atomic mass is 9.99. The van der Waals surface area contributed by atoms with Crippen LogP contribution in [-0.2, 0) is 9.59 Å². The number of carbonyl (C=O) groups is 2. The van der Waals surface area contributed by atoms with Crippen molar-refractivity contribution in [2.24, 2.45) is 0 Å². The molecule has 1 aromatic rings. The molecule has 76 valence electrons. The summed E-state index contributed by atoms with van der Waals surface area (Å²) < 4.78 is 4.97. The first-order valence-corrected chi connectivity index (χ1v) is 4.06. The minimum absolute atomic E-state index is 0.236. The van der Waals surface area contributed by atoms with Gasteiger partial charge in [-0.3, -0.25) is 9.59 Å². The fraction of sp³-hybridized carbons (Fsp3) is 0.333. The number of furan rings is 1. The molecule has 0 bridgehead atoms. The first-order chi connectivity index (χ1) is 6.59. The van der Waals surface area contributed by atoms with Crippen LogP contribution in [0.2, 0.25) is 0 Å². The van der Waals surface area contributed by atoms with Crippen molar-refractivity contribution in [3.8, 4) is 0 Å². The minimum Gasteiger partial charge on any atom is -0.481 e. The average Bonchev–Trinajstić information content (AvgIpc) is 2.52. The monoisotopic (exact) mass is 198 g/mol. The maximum absolute atomic E-state index is 10.5. The molecule has 1 heterocycles. The van der Waals surface area contributed by atoms with Gasteiger partial charge in [0.15, 0.2) is 0 Å². The summed E-state index contributed by atoms with van der Waals surface area (Å²) in [4.78, 5) is 20.9. The molecule has 0 aromatic carbocycles. The van der Waals surface area contributed by atoms with Crippen LogP contribution in [0.25, 0.3) is 0 Å². The van der Waals surface area contributed by atoms with Gasteiger partial charge in [0.05, 0.1) is 19.1 Å². The van der Waals surface area contributed by atoms with E-state index in [1.54, 1.807) is 12.1 Å². The highest BCUT2D eigenvalue weighted by molar-refractivity contribution is 5.72. The highest BCUT2D eigenvalue weighted by Gasteiger charge is 2.21. The fourth-order valence-corrected chi connectivity index (χ4v) is 1.22. The van der Waals surface area contributed by atoms with E-state index in [2.05, 4.69) is 0 Å². The highest BCUT2D eigenvalue weighted by atomic mass is 16.4. The van der Waals surface area contributed by atoms with Gasteiger partial charge in [-0.25, -0.2) is 0 Å². The molecule has 5 heteroatoms. The van der Waals surface area contributed by atoms with Gasteiger partial charge in [-0.05, 0) is 12.1 Å². The SMILES string of the molecule is O=C(O)CC(CC(=O)O)c1ccco1. The average molecular weight is 198 g/mol. The summed E-state index contributed by atoms with van der Waals surface area (Å²) in [6.45, 7) is 0. The van der Waals surface area contributed by atoms with Crippen LogP contribution in [0.4, 0.5) is 0 Å². The zero-order valence-corrected chi connectivity index (χ0v) is 7.34. The molecular weight excluding hydrogens is 188 g/mol. The second-order valence-corrected chi connectivity index (χ2v) is 2.91. The molecule has 0 spiro atoms. The zero-order chi connectivity index (χ0) is 10.6. The lowest BCUT2D eigenvalue weighted by molar-refractivity contribution is -0.139. The Balaban J connectivity index is 2.71. The number of hydrogen-bond acceptors (Lipinski definition) is 3. The van der Waals surface area contributed by atoms with Gasteiger partial charge in [0.2, 0.25) is 0 Å². The second kappa shape index (κ2) is 4.45. The van der Waals surface area contributed by atoms with Gasteiger partial charge in [0, 0.05) is 5.92 Å². The number of aliphatic carboxylic acids is 2. The molecule has 1 aromatic heterocycles. The Morgan fingerprint density at radius 3 is 2.21 bits per heavy atom. The van der Waals surface area contributed by atoms with Crippen LogP contribution in [0.5, 0.6) is 0 Å². The Labute approximate surface area is 80.0 Å². The van der Waals surface area contributed by atoms with Crippen LogP contribution < -0.4 is 0 Å². The molecule has 0 saturated carbocycles. The molecule has 5 nitrogen and oxygen atoms in total. The van der Waals surface area contributed by atoms with Gasteiger partial charge in [-0.1, -0.05) is 0 Å². The van der Waals surface area contributed by atoms with E-state index in [4.69, 9.17) is 14.6 Å². The molecule has 0 unspecified atom stereocenters. The predicted molar refractivity (Wildman–Crippen MR) is 46.0 cm³/mol. The van der Waals surface area contributed by atoms with Gasteiger partial charge in [0.25, 0.3) is 0 Å². The quantitative estimate of drug-likeness (QED) is 0.744. The molecule has 1 rings (SSSR count). The van der Waals surface area contributed by atoms with Crippen molar-refractivity contribution in [2.75, 3.05) is 0 Å². The van der Waals surface area contributed by atoms with Gasteiger partial charge in [-0.2, -0.15) is 0 Å². The van der Waals surface area contributed by atoms with E-state index < -0.39 is 17.9 Å². The summed E-state index contributed by atoms with van der Waals surface area (Å²) in [5.74, 6) is -2.27. The van der Waals surface area contributed by atoms with Crippen molar-refractivity contribution >= 4 is 11.9 Å². The van der Waals surface area contributed by atoms with E-state index in [1.807, 2.05) is 0 Å². The molecule has 14 heavy (non-hydrogen) atoms. The van der Waals surface area contributed by atoms with Gasteiger partial charge >= 0.3 is 11.9 Å². The lowest BCUT2D eigenvalue weighted by Gasteiger charge is -2.08. The van der Waals surface area contributed by atoms with Crippen LogP contribution >= 0.6 is 0 Å². The summed E-state index contributed by atoms with van der Waals surface area (Å²) in [7, 11) is 0. The third kappa shape index (κ3) is 2.93. The van der Waals surface area contributed by atoms with E-state index in [-0.39, 0.29) is 12.8 Å². The third-order valence-electron chi connectivity index (χ3n) is 1.79. The summed E-state index contributed by atoms with van der Waals surface area (Å²) in [5.41, 5.74) is 0. The predicted octanol–water partition coefficient (Wildman–Crippen LogP) is 1.31. The lowest BCUT2D eigenvalue weighted by Crippen LogP contribution is -2.10. The van der Waals surface area contributed by atoms with E-state index in [0.29, 0.717) is 5.76 Å². The van der Waals surface area contributed by atoms with Crippen molar-refractivity contribution in [1.82, 2.24) is 0 Å². The first kappa shape index (κ1) is 10.3. The van der Waals surface area contributed by atoms with E-state index in [9.17, 15) is 9.59 Å². The maximum atomic E-state index is 10.5. The molecule has 0 radical (unpaired) electrons. The Hall–Kier alpha value is -1.78. The Morgan fingerprint density at radius 1 is 1.29 bits per heavy atom. The van der Waals surface area contributed by atoms with Crippen LogP contribution in [0.3, 0.4) is 0 Å². The normalized spacial score (nSPS) is 10.4. The minimum atomic E-state index is -1.03. The van der Waals surface area contributed by atoms with Crippen LogP contribution in [0.15, 0.2) is 22.8 Å². The summed E-state index contributed by atoms with van der Waals surface area (Å²) in [6, 6.07) is 3.18. The molecular formula is C9H10O5. The van der Waals surface area contributed by atoms with Crippen molar-refractivity contribution in [3.05, 3.63) is 24.2 Å². The zero-order valence-electron chi connectivity index (χ0n) is 7.34. The summed E-state index contributed by atoms with van der Waals surface area (Å²) >= 11 is 0. The van der Waals surface area contributed by atoms with E-state index in [0.717, 1.165) is 0 Å². The van der Waals surface area contributed by atoms with Crippen molar-refractivity contribution in [2.45, 2.75) is 18.8 Å². The molecule has 0 aliphatic rings. The largest absolute Gasteiger partial charge is 0.481 e. The maximum Gasteiger partial charge on any atom is 0.304 e. The topological polar surface area (TPSA) is 87.7 Å². The number of carboxylic acid groups (broad SMARTS) is 2. The van der Waals surface area contributed by atoms with E-state index in [1.165, 1.54) is 6.26 Å². The molecule has 0 aliphatic carbocycles. The van der Waals surface area contributed by atoms with Gasteiger partial charge in [-0.15, -0.1) is 0 Å². The van der Waals surface area contributed by atoms with Crippen molar-refractivity contribution in [1.29, 1.82) is 0 Å². The molecule has 0 fully saturated rings. The Kier molecular flexibility index (Phi) is 3.28. The molecule has 0 amide bonds. The first-order valence-electron chi connectivity index (χ1n) is 4.06. The number of rotatable bonds is 5. The fourth-order valence-electron chi connectivity index (χ4n) is 1.22. The number of hydrogen-bond donors (Lipinski definition) is 2. The van der Waals surface area contributed by atoms with Crippen LogP contribution in [0.1, 0.15) is 24.5 Å². The van der Waals surface area contributed by atoms with E-state index >= 15 is 0 Å². The Morgan fingerprint density at radius 2 is 1.86 bits per heavy atom. The van der Waals surface area contributed by atoms with Crippen molar-refractivity contribution < 1.29 is 24.2 Å². The highest BCUT2D eigenvalue weighted by Crippen LogP contribution is 2.23. The molecule has 0 aliphatic heterocycles. The number of carboxylic acids is 2. The molecule has 0 atom stereocenters. The Bertz CT molecular complexity index is 298.